The van der Waals surface area contributed by atoms with Gasteiger partial charge in [0.1, 0.15) is 0 Å². The van der Waals surface area contributed by atoms with Crippen molar-refractivity contribution in [2.75, 3.05) is 24.5 Å². The lowest BCUT2D eigenvalue weighted by molar-refractivity contribution is 0.381. The van der Waals surface area contributed by atoms with E-state index in [1.54, 1.807) is 0 Å². The Labute approximate surface area is 141 Å². The normalized spacial score (nSPS) is 14.8. The summed E-state index contributed by atoms with van der Waals surface area (Å²) in [5.41, 5.74) is 3.33. The van der Waals surface area contributed by atoms with Gasteiger partial charge in [-0.1, -0.05) is 18.2 Å². The number of para-hydroxylation sites is 1. The molecule has 1 fully saturated rings. The monoisotopic (exact) mass is 319 g/mol. The summed E-state index contributed by atoms with van der Waals surface area (Å²) >= 11 is 0. The molecule has 24 heavy (non-hydrogen) atoms. The minimum Gasteiger partial charge on any atom is -0.354 e. The van der Waals surface area contributed by atoms with Crippen molar-refractivity contribution in [1.29, 1.82) is 0 Å². The van der Waals surface area contributed by atoms with Gasteiger partial charge in [0.05, 0.1) is 11.2 Å². The van der Waals surface area contributed by atoms with Crippen LogP contribution in [0.15, 0.2) is 48.7 Å². The largest absolute Gasteiger partial charge is 0.354 e. The maximum atomic E-state index is 4.41. The van der Waals surface area contributed by atoms with E-state index in [1.165, 1.54) is 10.9 Å². The molecule has 122 valence electrons. The summed E-state index contributed by atoms with van der Waals surface area (Å²) in [7, 11) is 0. The first kappa shape index (κ1) is 15.0. The Bertz CT molecular complexity index is 819. The molecular formula is C19H21N5. The van der Waals surface area contributed by atoms with Gasteiger partial charge in [-0.05, 0) is 36.8 Å². The molecule has 5 nitrogen and oxygen atoms in total. The van der Waals surface area contributed by atoms with E-state index in [2.05, 4.69) is 55.7 Å². The summed E-state index contributed by atoms with van der Waals surface area (Å²) in [6.07, 6.45) is 1.89. The first-order valence-corrected chi connectivity index (χ1v) is 8.38. The number of pyridine rings is 1. The summed E-state index contributed by atoms with van der Waals surface area (Å²) in [5, 5.41) is 13.2. The zero-order chi connectivity index (χ0) is 16.4. The molecule has 0 atom stereocenters. The number of benzene rings is 1. The Morgan fingerprint density at radius 3 is 2.79 bits per heavy atom. The van der Waals surface area contributed by atoms with Crippen LogP contribution in [0.1, 0.15) is 11.3 Å². The first-order chi connectivity index (χ1) is 11.8. The molecule has 0 unspecified atom stereocenters. The van der Waals surface area contributed by atoms with Crippen molar-refractivity contribution in [3.05, 3.63) is 59.9 Å². The van der Waals surface area contributed by atoms with Crippen LogP contribution in [-0.4, -0.2) is 34.8 Å². The van der Waals surface area contributed by atoms with Crippen molar-refractivity contribution in [2.24, 2.45) is 5.92 Å². The molecule has 0 amide bonds. The quantitative estimate of drug-likeness (QED) is 0.783. The lowest BCUT2D eigenvalue weighted by Gasteiger charge is -2.40. The van der Waals surface area contributed by atoms with Crippen molar-refractivity contribution in [3.63, 3.8) is 0 Å². The van der Waals surface area contributed by atoms with Crippen molar-refractivity contribution in [3.8, 4) is 0 Å². The van der Waals surface area contributed by atoms with Gasteiger partial charge in [0.25, 0.3) is 0 Å². The fourth-order valence-electron chi connectivity index (χ4n) is 3.17. The van der Waals surface area contributed by atoms with Crippen LogP contribution in [-0.2, 0) is 6.54 Å². The van der Waals surface area contributed by atoms with Crippen molar-refractivity contribution >= 4 is 16.7 Å². The average Bonchev–Trinajstić information content (AvgIpc) is 2.58. The van der Waals surface area contributed by atoms with Crippen LogP contribution in [0.4, 0.5) is 5.82 Å². The number of aromatic nitrogens is 3. The van der Waals surface area contributed by atoms with E-state index in [-0.39, 0.29) is 0 Å². The highest BCUT2D eigenvalue weighted by atomic mass is 15.3. The Kier molecular flexibility index (Phi) is 4.09. The lowest BCUT2D eigenvalue weighted by atomic mass is 10.00. The zero-order valence-corrected chi connectivity index (χ0v) is 13.8. The fourth-order valence-corrected chi connectivity index (χ4v) is 3.17. The maximum Gasteiger partial charge on any atom is 0.151 e. The number of nitrogens with one attached hydrogen (secondary N) is 1. The van der Waals surface area contributed by atoms with Gasteiger partial charge in [0, 0.05) is 43.7 Å². The summed E-state index contributed by atoms with van der Waals surface area (Å²) in [5.74, 6) is 1.65. The summed E-state index contributed by atoms with van der Waals surface area (Å²) in [6, 6.07) is 14.5. The highest BCUT2D eigenvalue weighted by Gasteiger charge is 2.27. The smallest absolute Gasteiger partial charge is 0.151 e. The second-order valence-electron chi connectivity index (χ2n) is 6.42. The van der Waals surface area contributed by atoms with Gasteiger partial charge in [-0.3, -0.25) is 4.98 Å². The Hall–Kier alpha value is -2.53. The summed E-state index contributed by atoms with van der Waals surface area (Å²) in [6.45, 7) is 5.95. The van der Waals surface area contributed by atoms with Crippen molar-refractivity contribution in [2.45, 2.75) is 13.5 Å². The van der Waals surface area contributed by atoms with Gasteiger partial charge < -0.3 is 10.2 Å². The molecule has 0 radical (unpaired) electrons. The number of nitrogens with zero attached hydrogens (tertiary/aromatic N) is 4. The molecule has 5 heteroatoms. The summed E-state index contributed by atoms with van der Waals surface area (Å²) in [4.78, 5) is 6.69. The number of anilines is 1. The number of rotatable bonds is 5. The van der Waals surface area contributed by atoms with E-state index in [0.29, 0.717) is 5.92 Å². The van der Waals surface area contributed by atoms with Crippen molar-refractivity contribution < 1.29 is 0 Å². The Morgan fingerprint density at radius 2 is 1.96 bits per heavy atom. The van der Waals surface area contributed by atoms with E-state index in [0.717, 1.165) is 43.2 Å². The van der Waals surface area contributed by atoms with Crippen molar-refractivity contribution in [1.82, 2.24) is 20.5 Å². The van der Waals surface area contributed by atoms with Crippen LogP contribution in [0.3, 0.4) is 0 Å². The number of hydrogen-bond donors (Lipinski definition) is 1. The molecular weight excluding hydrogens is 298 g/mol. The second-order valence-corrected chi connectivity index (χ2v) is 6.42. The molecule has 1 aromatic carbocycles. The highest BCUT2D eigenvalue weighted by molar-refractivity contribution is 5.81. The lowest BCUT2D eigenvalue weighted by Crippen LogP contribution is -2.51. The average molecular weight is 319 g/mol. The minimum atomic E-state index is 0.668. The van der Waals surface area contributed by atoms with Gasteiger partial charge in [-0.25, -0.2) is 0 Å². The van der Waals surface area contributed by atoms with Gasteiger partial charge in [-0.15, -0.1) is 5.10 Å². The third-order valence-electron chi connectivity index (χ3n) is 4.55. The number of aryl methyl sites for hydroxylation is 1. The molecule has 3 aromatic rings. The molecule has 0 spiro atoms. The Balaban J connectivity index is 1.29. The molecule has 2 aromatic heterocycles. The number of hydrogen-bond acceptors (Lipinski definition) is 5. The van der Waals surface area contributed by atoms with E-state index in [1.807, 2.05) is 25.3 Å². The SMILES string of the molecule is Cc1ccc(N2CC(CNCc3ccnc4ccccc34)C2)nn1. The third kappa shape index (κ3) is 3.08. The first-order valence-electron chi connectivity index (χ1n) is 8.38. The standard InChI is InChI=1S/C19H21N5/c1-14-6-7-19(23-22-14)24-12-15(13-24)10-20-11-16-8-9-21-18-5-3-2-4-17(16)18/h2-9,15,20H,10-13H2,1H3. The molecule has 0 saturated carbocycles. The van der Waals surface area contributed by atoms with E-state index in [9.17, 15) is 0 Å². The Morgan fingerprint density at radius 1 is 1.08 bits per heavy atom. The second kappa shape index (κ2) is 6.53. The van der Waals surface area contributed by atoms with Crippen LogP contribution < -0.4 is 10.2 Å². The topological polar surface area (TPSA) is 53.9 Å². The van der Waals surface area contributed by atoms with Gasteiger partial charge in [-0.2, -0.15) is 5.10 Å². The predicted molar refractivity (Wildman–Crippen MR) is 95.9 cm³/mol. The summed E-state index contributed by atoms with van der Waals surface area (Å²) < 4.78 is 0. The molecule has 1 aliphatic heterocycles. The molecule has 1 aliphatic rings. The molecule has 1 saturated heterocycles. The molecule has 0 bridgehead atoms. The van der Waals surface area contributed by atoms with Crippen LogP contribution >= 0.6 is 0 Å². The molecule has 4 rings (SSSR count). The number of fused-ring (bicyclic) bond motifs is 1. The fraction of sp³-hybridized carbons (Fsp3) is 0.316. The van der Waals surface area contributed by atoms with Gasteiger partial charge >= 0.3 is 0 Å². The zero-order valence-electron chi connectivity index (χ0n) is 13.8. The van der Waals surface area contributed by atoms with Crippen LogP contribution in [0, 0.1) is 12.8 Å². The van der Waals surface area contributed by atoms with E-state index < -0.39 is 0 Å². The molecule has 0 aliphatic carbocycles. The third-order valence-corrected chi connectivity index (χ3v) is 4.55. The minimum absolute atomic E-state index is 0.668. The molecule has 1 N–H and O–H groups in total. The maximum absolute atomic E-state index is 4.41. The predicted octanol–water partition coefficient (Wildman–Crippen LogP) is 2.56. The van der Waals surface area contributed by atoms with Gasteiger partial charge in [0.2, 0.25) is 0 Å². The van der Waals surface area contributed by atoms with Crippen LogP contribution in [0.2, 0.25) is 0 Å². The molecule has 3 heterocycles. The van der Waals surface area contributed by atoms with Gasteiger partial charge in [0.15, 0.2) is 5.82 Å². The van der Waals surface area contributed by atoms with Crippen LogP contribution in [0.5, 0.6) is 0 Å². The van der Waals surface area contributed by atoms with E-state index in [4.69, 9.17) is 0 Å². The van der Waals surface area contributed by atoms with Crippen LogP contribution in [0.25, 0.3) is 10.9 Å². The highest BCUT2D eigenvalue weighted by Crippen LogP contribution is 2.22. The van der Waals surface area contributed by atoms with E-state index >= 15 is 0 Å².